The Morgan fingerprint density at radius 3 is 2.24 bits per heavy atom. The van der Waals surface area contributed by atoms with Crippen LogP contribution in [0.1, 0.15) is 53.9 Å². The van der Waals surface area contributed by atoms with E-state index in [1.165, 1.54) is 0 Å². The summed E-state index contributed by atoms with van der Waals surface area (Å²) in [6, 6.07) is 0.367. The molecule has 1 aliphatic heterocycles. The molecule has 0 radical (unpaired) electrons. The number of carbonyl (C=O) groups is 1. The van der Waals surface area contributed by atoms with Crippen LogP contribution in [0.3, 0.4) is 0 Å². The molecule has 0 spiro atoms. The molecule has 1 saturated heterocycles. The lowest BCUT2D eigenvalue weighted by Gasteiger charge is -2.45. The molecular formula is C14H28N2O. The molecule has 0 aliphatic carbocycles. The summed E-state index contributed by atoms with van der Waals surface area (Å²) in [6.45, 7) is 10.8. The van der Waals surface area contributed by atoms with Crippen LogP contribution in [0.15, 0.2) is 0 Å². The molecular weight excluding hydrogens is 212 g/mol. The summed E-state index contributed by atoms with van der Waals surface area (Å²) in [5, 5.41) is 0. The van der Waals surface area contributed by atoms with Gasteiger partial charge in [0.25, 0.3) is 0 Å². The molecule has 1 aliphatic rings. The van der Waals surface area contributed by atoms with Crippen LogP contribution in [0.4, 0.5) is 0 Å². The van der Waals surface area contributed by atoms with Crippen molar-refractivity contribution in [3.05, 3.63) is 0 Å². The highest BCUT2D eigenvalue weighted by atomic mass is 16.2. The van der Waals surface area contributed by atoms with Gasteiger partial charge < -0.3 is 4.90 Å². The normalized spacial score (nSPS) is 28.5. The first-order valence-corrected chi connectivity index (χ1v) is 6.55. The first-order chi connectivity index (χ1) is 7.58. The second kappa shape index (κ2) is 4.60. The highest BCUT2D eigenvalue weighted by Gasteiger charge is 2.40. The van der Waals surface area contributed by atoms with E-state index < -0.39 is 0 Å². The number of rotatable bonds is 1. The number of nitrogens with zero attached hydrogens (tertiary/aromatic N) is 2. The van der Waals surface area contributed by atoms with E-state index in [2.05, 4.69) is 39.6 Å². The lowest BCUT2D eigenvalue weighted by Crippen LogP contribution is -2.52. The molecule has 0 N–H and O–H groups in total. The Kier molecular flexibility index (Phi) is 3.92. The molecule has 1 atom stereocenters. The van der Waals surface area contributed by atoms with Gasteiger partial charge in [-0.15, -0.1) is 0 Å². The molecule has 0 bridgehead atoms. The summed E-state index contributed by atoms with van der Waals surface area (Å²) in [4.78, 5) is 15.9. The number of amides is 1. The first kappa shape index (κ1) is 14.5. The van der Waals surface area contributed by atoms with E-state index in [0.29, 0.717) is 6.04 Å². The van der Waals surface area contributed by atoms with Crippen LogP contribution in [0.5, 0.6) is 0 Å². The quantitative estimate of drug-likeness (QED) is 0.703. The fourth-order valence-electron chi connectivity index (χ4n) is 2.91. The van der Waals surface area contributed by atoms with Gasteiger partial charge in [0, 0.05) is 31.1 Å². The topological polar surface area (TPSA) is 23.6 Å². The third kappa shape index (κ3) is 3.01. The van der Waals surface area contributed by atoms with Crippen molar-refractivity contribution >= 4 is 5.91 Å². The Morgan fingerprint density at radius 1 is 1.24 bits per heavy atom. The molecule has 1 heterocycles. The van der Waals surface area contributed by atoms with E-state index in [9.17, 15) is 4.79 Å². The number of hydrogen-bond acceptors (Lipinski definition) is 2. The molecule has 100 valence electrons. The Morgan fingerprint density at radius 2 is 1.76 bits per heavy atom. The van der Waals surface area contributed by atoms with Crippen LogP contribution in [0.2, 0.25) is 0 Å². The van der Waals surface area contributed by atoms with Crippen LogP contribution in [0.25, 0.3) is 0 Å². The van der Waals surface area contributed by atoms with Crippen molar-refractivity contribution in [2.75, 3.05) is 14.1 Å². The highest BCUT2D eigenvalue weighted by molar-refractivity contribution is 5.73. The smallest absolute Gasteiger partial charge is 0.219 e. The van der Waals surface area contributed by atoms with Gasteiger partial charge in [0.1, 0.15) is 0 Å². The maximum atomic E-state index is 11.5. The fourth-order valence-corrected chi connectivity index (χ4v) is 2.91. The van der Waals surface area contributed by atoms with Gasteiger partial charge in [0.15, 0.2) is 0 Å². The molecule has 1 fully saturated rings. The van der Waals surface area contributed by atoms with Crippen LogP contribution >= 0.6 is 0 Å². The summed E-state index contributed by atoms with van der Waals surface area (Å²) < 4.78 is 0. The second-order valence-corrected chi connectivity index (χ2v) is 6.71. The van der Waals surface area contributed by atoms with Crippen molar-refractivity contribution in [1.82, 2.24) is 9.80 Å². The molecule has 1 unspecified atom stereocenters. The molecule has 1 rings (SSSR count). The van der Waals surface area contributed by atoms with E-state index in [1.807, 2.05) is 11.9 Å². The summed E-state index contributed by atoms with van der Waals surface area (Å²) in [5.41, 5.74) is 0.338. The van der Waals surface area contributed by atoms with Crippen molar-refractivity contribution in [3.63, 3.8) is 0 Å². The highest BCUT2D eigenvalue weighted by Crippen LogP contribution is 2.36. The average Bonchev–Trinajstić information content (AvgIpc) is 2.28. The standard InChI is InChI=1S/C14H28N2O/c1-11(17)15(6)12-8-9-13(2,3)16(7)14(4,5)10-12/h12H,8-10H2,1-7H3. The zero-order valence-electron chi connectivity index (χ0n) is 12.5. The Bertz CT molecular complexity index is 297. The molecule has 0 aromatic rings. The lowest BCUT2D eigenvalue weighted by atomic mass is 9.92. The van der Waals surface area contributed by atoms with Crippen molar-refractivity contribution in [2.24, 2.45) is 0 Å². The summed E-state index contributed by atoms with van der Waals surface area (Å²) >= 11 is 0. The fraction of sp³-hybridized carbons (Fsp3) is 0.929. The minimum absolute atomic E-state index is 0.133. The molecule has 3 nitrogen and oxygen atoms in total. The summed E-state index contributed by atoms with van der Waals surface area (Å²) in [6.07, 6.45) is 3.27. The minimum Gasteiger partial charge on any atom is -0.343 e. The minimum atomic E-state index is 0.133. The summed E-state index contributed by atoms with van der Waals surface area (Å²) in [7, 11) is 4.14. The van der Waals surface area contributed by atoms with Gasteiger partial charge >= 0.3 is 0 Å². The molecule has 3 heteroatoms. The molecule has 0 aromatic heterocycles. The van der Waals surface area contributed by atoms with Crippen LogP contribution < -0.4 is 0 Å². The van der Waals surface area contributed by atoms with Crippen LogP contribution in [-0.2, 0) is 4.79 Å². The molecule has 1 amide bonds. The molecule has 17 heavy (non-hydrogen) atoms. The van der Waals surface area contributed by atoms with Gasteiger partial charge in [0.05, 0.1) is 0 Å². The zero-order valence-corrected chi connectivity index (χ0v) is 12.5. The van der Waals surface area contributed by atoms with Crippen LogP contribution in [-0.4, -0.2) is 46.9 Å². The molecule has 0 saturated carbocycles. The van der Waals surface area contributed by atoms with Gasteiger partial charge in [0.2, 0.25) is 5.91 Å². The van der Waals surface area contributed by atoms with Gasteiger partial charge in [-0.3, -0.25) is 9.69 Å². The second-order valence-electron chi connectivity index (χ2n) is 6.71. The zero-order chi connectivity index (χ0) is 13.4. The maximum absolute atomic E-state index is 11.5. The van der Waals surface area contributed by atoms with Crippen molar-refractivity contribution in [1.29, 1.82) is 0 Å². The van der Waals surface area contributed by atoms with Gasteiger partial charge in [-0.05, 0) is 54.0 Å². The monoisotopic (exact) mass is 240 g/mol. The van der Waals surface area contributed by atoms with Gasteiger partial charge in [-0.1, -0.05) is 0 Å². The van der Waals surface area contributed by atoms with E-state index in [4.69, 9.17) is 0 Å². The van der Waals surface area contributed by atoms with Crippen molar-refractivity contribution < 1.29 is 4.79 Å². The van der Waals surface area contributed by atoms with E-state index in [-0.39, 0.29) is 17.0 Å². The average molecular weight is 240 g/mol. The summed E-state index contributed by atoms with van der Waals surface area (Å²) in [5.74, 6) is 0.174. The third-order valence-electron chi connectivity index (χ3n) is 4.68. The van der Waals surface area contributed by atoms with Gasteiger partial charge in [-0.25, -0.2) is 0 Å². The maximum Gasteiger partial charge on any atom is 0.219 e. The van der Waals surface area contributed by atoms with E-state index in [1.54, 1.807) is 6.92 Å². The number of likely N-dealkylation sites (tertiary alicyclic amines) is 1. The Labute approximate surface area is 106 Å². The lowest BCUT2D eigenvalue weighted by molar-refractivity contribution is -0.130. The van der Waals surface area contributed by atoms with Crippen LogP contribution in [0, 0.1) is 0 Å². The predicted octanol–water partition coefficient (Wildman–Crippen LogP) is 2.51. The predicted molar refractivity (Wildman–Crippen MR) is 72.0 cm³/mol. The number of carbonyl (C=O) groups excluding carboxylic acids is 1. The van der Waals surface area contributed by atoms with Gasteiger partial charge in [-0.2, -0.15) is 0 Å². The Balaban J connectivity index is 2.93. The molecule has 0 aromatic carbocycles. The van der Waals surface area contributed by atoms with Crippen molar-refractivity contribution in [2.45, 2.75) is 71.0 Å². The first-order valence-electron chi connectivity index (χ1n) is 6.55. The number of hydrogen-bond donors (Lipinski definition) is 0. The van der Waals surface area contributed by atoms with E-state index in [0.717, 1.165) is 19.3 Å². The Hall–Kier alpha value is -0.570. The third-order valence-corrected chi connectivity index (χ3v) is 4.68. The van der Waals surface area contributed by atoms with Crippen molar-refractivity contribution in [3.8, 4) is 0 Å². The largest absolute Gasteiger partial charge is 0.343 e. The van der Waals surface area contributed by atoms with E-state index >= 15 is 0 Å². The SMILES string of the molecule is CC(=O)N(C)C1CCC(C)(C)N(C)C(C)(C)C1.